The Balaban J connectivity index is 1.51. The molecule has 2 atom stereocenters. The Morgan fingerprint density at radius 3 is 2.57 bits per heavy atom. The summed E-state index contributed by atoms with van der Waals surface area (Å²) in [5, 5.41) is 13.7. The third-order valence-electron chi connectivity index (χ3n) is 6.81. The van der Waals surface area contributed by atoms with Crippen molar-refractivity contribution in [2.45, 2.75) is 18.6 Å². The van der Waals surface area contributed by atoms with E-state index in [1.807, 2.05) is 36.4 Å². The summed E-state index contributed by atoms with van der Waals surface area (Å²) in [6, 6.07) is 27.0. The summed E-state index contributed by atoms with van der Waals surface area (Å²) in [6.45, 7) is 1.87. The highest BCUT2D eigenvalue weighted by atomic mass is 16.5. The van der Waals surface area contributed by atoms with Crippen molar-refractivity contribution < 1.29 is 19.1 Å². The van der Waals surface area contributed by atoms with E-state index in [1.54, 1.807) is 31.2 Å². The molecule has 0 bridgehead atoms. The standard InChI is InChI=1S/C29H22N2O4/c1-2-34-28(33)29(24-13-6-5-11-22(24)27(32)31-29)25-21-15-14-18(16-23(21)26(30)35-25)20-12-7-9-17-8-3-4-10-19(17)20/h3-16,25,30H,2H2,1H3,(H,31,32)/t25-,29-/m1/s1. The second-order valence-electron chi connectivity index (χ2n) is 8.68. The molecule has 6 heteroatoms. The first kappa shape index (κ1) is 21.1. The lowest BCUT2D eigenvalue weighted by molar-refractivity contribution is -0.156. The van der Waals surface area contributed by atoms with Gasteiger partial charge in [0.05, 0.1) is 6.61 Å². The molecule has 0 fully saturated rings. The number of nitrogens with one attached hydrogen (secondary N) is 2. The molecule has 0 unspecified atom stereocenters. The van der Waals surface area contributed by atoms with Crippen LogP contribution in [0.2, 0.25) is 0 Å². The van der Waals surface area contributed by atoms with Crippen molar-refractivity contribution in [1.82, 2.24) is 5.32 Å². The number of fused-ring (bicyclic) bond motifs is 3. The largest absolute Gasteiger partial charge is 0.466 e. The molecule has 6 rings (SSSR count). The van der Waals surface area contributed by atoms with Crippen molar-refractivity contribution in [3.63, 3.8) is 0 Å². The van der Waals surface area contributed by atoms with Gasteiger partial charge in [-0.15, -0.1) is 0 Å². The minimum atomic E-state index is -1.58. The molecule has 35 heavy (non-hydrogen) atoms. The highest BCUT2D eigenvalue weighted by Gasteiger charge is 2.59. The summed E-state index contributed by atoms with van der Waals surface area (Å²) in [5.41, 5.74) is 2.54. The minimum Gasteiger partial charge on any atom is -0.466 e. The lowest BCUT2D eigenvalue weighted by Gasteiger charge is -2.33. The Kier molecular flexibility index (Phi) is 4.71. The van der Waals surface area contributed by atoms with E-state index < -0.39 is 17.6 Å². The zero-order chi connectivity index (χ0) is 24.2. The summed E-state index contributed by atoms with van der Waals surface area (Å²) in [7, 11) is 0. The summed E-state index contributed by atoms with van der Waals surface area (Å²) in [5.74, 6) is -1.03. The fraction of sp³-hybridized carbons (Fsp3) is 0.138. The van der Waals surface area contributed by atoms with Crippen LogP contribution in [-0.2, 0) is 19.8 Å². The third kappa shape index (κ3) is 2.99. The second-order valence-corrected chi connectivity index (χ2v) is 8.68. The lowest BCUT2D eigenvalue weighted by Crippen LogP contribution is -2.52. The molecule has 4 aromatic carbocycles. The highest BCUT2D eigenvalue weighted by Crippen LogP contribution is 2.49. The molecule has 2 heterocycles. The van der Waals surface area contributed by atoms with E-state index in [2.05, 4.69) is 29.6 Å². The molecule has 2 aliphatic rings. The molecule has 0 spiro atoms. The van der Waals surface area contributed by atoms with E-state index in [4.69, 9.17) is 14.9 Å². The quantitative estimate of drug-likeness (QED) is 0.413. The first-order valence-corrected chi connectivity index (χ1v) is 11.5. The van der Waals surface area contributed by atoms with E-state index in [0.717, 1.165) is 21.9 Å². The van der Waals surface area contributed by atoms with Crippen molar-refractivity contribution in [2.24, 2.45) is 0 Å². The van der Waals surface area contributed by atoms with Crippen LogP contribution >= 0.6 is 0 Å². The topological polar surface area (TPSA) is 88.5 Å². The van der Waals surface area contributed by atoms with E-state index in [1.165, 1.54) is 0 Å². The van der Waals surface area contributed by atoms with Crippen molar-refractivity contribution >= 4 is 28.5 Å². The Hall–Kier alpha value is -4.45. The van der Waals surface area contributed by atoms with Crippen molar-refractivity contribution in [3.05, 3.63) is 107 Å². The summed E-state index contributed by atoms with van der Waals surface area (Å²) in [6.07, 6.45) is -0.932. The molecule has 0 aliphatic carbocycles. The van der Waals surface area contributed by atoms with Gasteiger partial charge in [0, 0.05) is 22.3 Å². The van der Waals surface area contributed by atoms with Gasteiger partial charge in [0.25, 0.3) is 5.91 Å². The number of carbonyl (C=O) groups excluding carboxylic acids is 2. The minimum absolute atomic E-state index is 0.0469. The molecule has 0 radical (unpaired) electrons. The van der Waals surface area contributed by atoms with Gasteiger partial charge in [0.15, 0.2) is 6.10 Å². The monoisotopic (exact) mass is 462 g/mol. The molecular formula is C29H22N2O4. The average Bonchev–Trinajstić information content (AvgIpc) is 3.38. The summed E-state index contributed by atoms with van der Waals surface area (Å²) >= 11 is 0. The summed E-state index contributed by atoms with van der Waals surface area (Å²) < 4.78 is 11.5. The van der Waals surface area contributed by atoms with Crippen molar-refractivity contribution in [2.75, 3.05) is 6.61 Å². The Morgan fingerprint density at radius 2 is 1.71 bits per heavy atom. The van der Waals surface area contributed by atoms with Crippen molar-refractivity contribution in [1.29, 1.82) is 5.41 Å². The van der Waals surface area contributed by atoms with E-state index in [0.29, 0.717) is 22.3 Å². The second kappa shape index (κ2) is 7.81. The van der Waals surface area contributed by atoms with Crippen LogP contribution in [0.5, 0.6) is 0 Å². The smallest absolute Gasteiger partial charge is 0.340 e. The third-order valence-corrected chi connectivity index (χ3v) is 6.81. The van der Waals surface area contributed by atoms with E-state index in [-0.39, 0.29) is 18.4 Å². The highest BCUT2D eigenvalue weighted by molar-refractivity contribution is 6.08. The maximum atomic E-state index is 13.4. The maximum Gasteiger partial charge on any atom is 0.340 e. The molecule has 0 saturated carbocycles. The number of hydrogen-bond donors (Lipinski definition) is 2. The Labute approximate surface area is 202 Å². The zero-order valence-corrected chi connectivity index (χ0v) is 19.0. The van der Waals surface area contributed by atoms with Gasteiger partial charge in [-0.25, -0.2) is 4.79 Å². The van der Waals surface area contributed by atoms with Gasteiger partial charge in [0.1, 0.15) is 0 Å². The van der Waals surface area contributed by atoms with Crippen LogP contribution < -0.4 is 5.32 Å². The first-order valence-electron chi connectivity index (χ1n) is 11.5. The molecule has 172 valence electrons. The fourth-order valence-corrected chi connectivity index (χ4v) is 5.25. The first-order chi connectivity index (χ1) is 17.0. The van der Waals surface area contributed by atoms with Crippen LogP contribution in [-0.4, -0.2) is 24.4 Å². The van der Waals surface area contributed by atoms with Gasteiger partial charge in [-0.1, -0.05) is 72.8 Å². The van der Waals surface area contributed by atoms with Crippen LogP contribution in [0.4, 0.5) is 0 Å². The lowest BCUT2D eigenvalue weighted by atomic mass is 9.81. The maximum absolute atomic E-state index is 13.4. The molecule has 0 aromatic heterocycles. The normalized spacial score (nSPS) is 20.2. The van der Waals surface area contributed by atoms with Crippen LogP contribution in [0.25, 0.3) is 21.9 Å². The van der Waals surface area contributed by atoms with Crippen LogP contribution in [0.3, 0.4) is 0 Å². The molecule has 4 aromatic rings. The number of amides is 1. The van der Waals surface area contributed by atoms with Gasteiger partial charge < -0.3 is 14.8 Å². The van der Waals surface area contributed by atoms with Gasteiger partial charge in [-0.05, 0) is 41.0 Å². The van der Waals surface area contributed by atoms with Crippen LogP contribution in [0.1, 0.15) is 40.1 Å². The predicted octanol–water partition coefficient (Wildman–Crippen LogP) is 5.11. The molecule has 0 saturated heterocycles. The van der Waals surface area contributed by atoms with Crippen LogP contribution in [0.15, 0.2) is 84.9 Å². The summed E-state index contributed by atoms with van der Waals surface area (Å²) in [4.78, 5) is 26.3. The number of benzene rings is 4. The number of hydrogen-bond acceptors (Lipinski definition) is 5. The SMILES string of the molecule is CCOC(=O)[C@@]1([C@@H]2OC(=N)c3cc(-c4cccc5ccccc45)ccc32)NC(=O)c2ccccc21. The number of carbonyl (C=O) groups is 2. The van der Waals surface area contributed by atoms with E-state index in [9.17, 15) is 9.59 Å². The number of rotatable bonds is 4. The van der Waals surface area contributed by atoms with Gasteiger partial charge in [-0.2, -0.15) is 0 Å². The zero-order valence-electron chi connectivity index (χ0n) is 19.0. The van der Waals surface area contributed by atoms with Gasteiger partial charge >= 0.3 is 5.97 Å². The van der Waals surface area contributed by atoms with Crippen LogP contribution in [0, 0.1) is 5.41 Å². The number of esters is 1. The molecule has 2 N–H and O–H groups in total. The average molecular weight is 463 g/mol. The Bertz CT molecular complexity index is 1540. The molecule has 1 amide bonds. The fourth-order valence-electron chi connectivity index (χ4n) is 5.25. The molecular weight excluding hydrogens is 440 g/mol. The number of ether oxygens (including phenoxy) is 2. The Morgan fingerprint density at radius 1 is 0.971 bits per heavy atom. The van der Waals surface area contributed by atoms with Gasteiger partial charge in [0.2, 0.25) is 11.4 Å². The van der Waals surface area contributed by atoms with Gasteiger partial charge in [-0.3, -0.25) is 10.2 Å². The predicted molar refractivity (Wildman–Crippen MR) is 132 cm³/mol. The van der Waals surface area contributed by atoms with Crippen molar-refractivity contribution in [3.8, 4) is 11.1 Å². The van der Waals surface area contributed by atoms with E-state index >= 15 is 0 Å². The molecule has 6 nitrogen and oxygen atoms in total. The molecule has 2 aliphatic heterocycles.